The predicted molar refractivity (Wildman–Crippen MR) is 82.6 cm³/mol. The molecule has 0 saturated carbocycles. The van der Waals surface area contributed by atoms with Crippen molar-refractivity contribution < 1.29 is 4.79 Å². The van der Waals surface area contributed by atoms with Crippen molar-refractivity contribution in [2.45, 2.75) is 44.2 Å². The molecule has 1 rings (SSSR count). The molecule has 4 heteroatoms. The molecule has 1 N–H and O–H groups in total. The van der Waals surface area contributed by atoms with Crippen molar-refractivity contribution in [3.63, 3.8) is 0 Å². The number of hydrogen-bond donors (Lipinski definition) is 1. The molecule has 106 valence electrons. The Bertz CT molecular complexity index is 388. The Kier molecular flexibility index (Phi) is 6.78. The van der Waals surface area contributed by atoms with Crippen LogP contribution in [0.2, 0.25) is 0 Å². The lowest BCUT2D eigenvalue weighted by Gasteiger charge is -2.22. The molecule has 0 saturated heterocycles. The van der Waals surface area contributed by atoms with Crippen LogP contribution in [0.25, 0.3) is 0 Å². The van der Waals surface area contributed by atoms with Crippen molar-refractivity contribution in [1.82, 2.24) is 10.2 Å². The van der Waals surface area contributed by atoms with Gasteiger partial charge >= 0.3 is 6.03 Å². The van der Waals surface area contributed by atoms with E-state index in [-0.39, 0.29) is 12.1 Å². The van der Waals surface area contributed by atoms with Gasteiger partial charge in [-0.15, -0.1) is 11.8 Å². The van der Waals surface area contributed by atoms with Gasteiger partial charge in [-0.3, -0.25) is 0 Å². The topological polar surface area (TPSA) is 32.3 Å². The van der Waals surface area contributed by atoms with Gasteiger partial charge in [0.2, 0.25) is 0 Å². The van der Waals surface area contributed by atoms with Crippen molar-refractivity contribution in [3.05, 3.63) is 29.8 Å². The summed E-state index contributed by atoms with van der Waals surface area (Å²) >= 11 is 1.72. The largest absolute Gasteiger partial charge is 0.335 e. The van der Waals surface area contributed by atoms with Crippen LogP contribution in [0.3, 0.4) is 0 Å². The van der Waals surface area contributed by atoms with Gasteiger partial charge in [-0.05, 0) is 36.8 Å². The second-order valence-corrected chi connectivity index (χ2v) is 5.55. The third-order valence-electron chi connectivity index (χ3n) is 3.24. The van der Waals surface area contributed by atoms with E-state index < -0.39 is 0 Å². The van der Waals surface area contributed by atoms with E-state index in [2.05, 4.69) is 49.7 Å². The van der Waals surface area contributed by atoms with Crippen molar-refractivity contribution in [1.29, 1.82) is 0 Å². The summed E-state index contributed by atoms with van der Waals surface area (Å²) in [4.78, 5) is 15.0. The fraction of sp³-hybridized carbons (Fsp3) is 0.533. The van der Waals surface area contributed by atoms with Crippen LogP contribution >= 0.6 is 11.8 Å². The van der Waals surface area contributed by atoms with Gasteiger partial charge in [0.15, 0.2) is 0 Å². The van der Waals surface area contributed by atoms with Gasteiger partial charge in [-0.25, -0.2) is 4.79 Å². The van der Waals surface area contributed by atoms with Crippen molar-refractivity contribution >= 4 is 17.8 Å². The Morgan fingerprint density at radius 2 is 1.84 bits per heavy atom. The highest BCUT2D eigenvalue weighted by atomic mass is 32.2. The van der Waals surface area contributed by atoms with E-state index in [0.29, 0.717) is 6.54 Å². The second-order valence-electron chi connectivity index (χ2n) is 4.67. The van der Waals surface area contributed by atoms with E-state index in [4.69, 9.17) is 0 Å². The Morgan fingerprint density at radius 3 is 2.32 bits per heavy atom. The third-order valence-corrected chi connectivity index (χ3v) is 3.98. The fourth-order valence-electron chi connectivity index (χ4n) is 1.85. The fourth-order valence-corrected chi connectivity index (χ4v) is 2.26. The Labute approximate surface area is 120 Å². The van der Waals surface area contributed by atoms with Gasteiger partial charge in [0.1, 0.15) is 0 Å². The molecule has 19 heavy (non-hydrogen) atoms. The quantitative estimate of drug-likeness (QED) is 0.805. The first-order valence-corrected chi connectivity index (χ1v) is 7.97. The molecular formula is C15H24N2OS. The first kappa shape index (κ1) is 15.9. The zero-order valence-corrected chi connectivity index (χ0v) is 13.1. The Balaban J connectivity index is 2.53. The molecule has 0 radical (unpaired) electrons. The number of carbonyl (C=O) groups excluding carboxylic acids is 1. The SMILES string of the molecule is CCC(CC)NC(=O)N(C)Cc1ccc(SC)cc1. The number of urea groups is 1. The number of nitrogens with one attached hydrogen (secondary N) is 1. The molecule has 2 amide bonds. The summed E-state index contributed by atoms with van der Waals surface area (Å²) in [6.45, 7) is 4.83. The maximum Gasteiger partial charge on any atom is 0.317 e. The molecular weight excluding hydrogens is 256 g/mol. The van der Waals surface area contributed by atoms with Crippen LogP contribution < -0.4 is 5.32 Å². The van der Waals surface area contributed by atoms with Crippen LogP contribution in [-0.4, -0.2) is 30.3 Å². The summed E-state index contributed by atoms with van der Waals surface area (Å²) in [7, 11) is 1.83. The summed E-state index contributed by atoms with van der Waals surface area (Å²) < 4.78 is 0. The minimum atomic E-state index is 0.00245. The number of benzene rings is 1. The molecule has 0 aromatic heterocycles. The molecule has 0 aliphatic rings. The van der Waals surface area contributed by atoms with E-state index in [1.165, 1.54) is 4.90 Å². The number of nitrogens with zero attached hydrogens (tertiary/aromatic N) is 1. The molecule has 1 aromatic carbocycles. The van der Waals surface area contributed by atoms with Gasteiger partial charge in [-0.1, -0.05) is 26.0 Å². The number of thioether (sulfide) groups is 1. The highest BCUT2D eigenvalue weighted by Gasteiger charge is 2.12. The van der Waals surface area contributed by atoms with Crippen LogP contribution in [0.15, 0.2) is 29.2 Å². The minimum absolute atomic E-state index is 0.00245. The van der Waals surface area contributed by atoms with Gasteiger partial charge < -0.3 is 10.2 Å². The van der Waals surface area contributed by atoms with Crippen LogP contribution in [0.5, 0.6) is 0 Å². The average molecular weight is 280 g/mol. The number of rotatable bonds is 6. The summed E-state index contributed by atoms with van der Waals surface area (Å²) in [5.74, 6) is 0. The van der Waals surface area contributed by atoms with Crippen LogP contribution in [0.4, 0.5) is 4.79 Å². The van der Waals surface area contributed by atoms with E-state index in [9.17, 15) is 4.79 Å². The van der Waals surface area contributed by atoms with Crippen LogP contribution in [0, 0.1) is 0 Å². The van der Waals surface area contributed by atoms with Gasteiger partial charge in [-0.2, -0.15) is 0 Å². The summed E-state index contributed by atoms with van der Waals surface area (Å²) in [5.41, 5.74) is 1.15. The smallest absolute Gasteiger partial charge is 0.317 e. The first-order valence-electron chi connectivity index (χ1n) is 6.75. The summed E-state index contributed by atoms with van der Waals surface area (Å²) in [6, 6.07) is 8.61. The van der Waals surface area contributed by atoms with E-state index >= 15 is 0 Å². The van der Waals surface area contributed by atoms with Crippen molar-refractivity contribution in [2.24, 2.45) is 0 Å². The van der Waals surface area contributed by atoms with Crippen LogP contribution in [0.1, 0.15) is 32.3 Å². The zero-order valence-electron chi connectivity index (χ0n) is 12.3. The normalized spacial score (nSPS) is 10.6. The highest BCUT2D eigenvalue weighted by molar-refractivity contribution is 7.98. The van der Waals surface area contributed by atoms with Gasteiger partial charge in [0.25, 0.3) is 0 Å². The van der Waals surface area contributed by atoms with Gasteiger partial charge in [0, 0.05) is 24.5 Å². The standard InChI is InChI=1S/C15H24N2OS/c1-5-13(6-2)16-15(18)17(3)11-12-7-9-14(19-4)10-8-12/h7-10,13H,5-6,11H2,1-4H3,(H,16,18). The molecule has 1 aromatic rings. The van der Waals surface area contributed by atoms with Crippen molar-refractivity contribution in [3.8, 4) is 0 Å². The van der Waals surface area contributed by atoms with E-state index in [1.54, 1.807) is 16.7 Å². The first-order chi connectivity index (χ1) is 9.10. The maximum atomic E-state index is 12.0. The molecule has 0 bridgehead atoms. The Hall–Kier alpha value is -1.16. The highest BCUT2D eigenvalue weighted by Crippen LogP contribution is 2.15. The lowest BCUT2D eigenvalue weighted by atomic mass is 10.2. The molecule has 0 fully saturated rings. The molecule has 3 nitrogen and oxygen atoms in total. The predicted octanol–water partition coefficient (Wildman–Crippen LogP) is 3.74. The number of amides is 2. The number of carbonyl (C=O) groups is 1. The van der Waals surface area contributed by atoms with Gasteiger partial charge in [0.05, 0.1) is 0 Å². The third kappa shape index (κ3) is 5.15. The molecule has 0 unspecified atom stereocenters. The Morgan fingerprint density at radius 1 is 1.26 bits per heavy atom. The molecule has 0 aliphatic heterocycles. The molecule has 0 heterocycles. The lowest BCUT2D eigenvalue weighted by molar-refractivity contribution is 0.202. The minimum Gasteiger partial charge on any atom is -0.335 e. The summed E-state index contributed by atoms with van der Waals surface area (Å²) in [5, 5.41) is 3.04. The second kappa shape index (κ2) is 8.10. The van der Waals surface area contributed by atoms with E-state index in [1.807, 2.05) is 7.05 Å². The maximum absolute atomic E-state index is 12.0. The molecule has 0 spiro atoms. The summed E-state index contributed by atoms with van der Waals surface area (Å²) in [6.07, 6.45) is 4.00. The van der Waals surface area contributed by atoms with Crippen molar-refractivity contribution in [2.75, 3.05) is 13.3 Å². The molecule has 0 atom stereocenters. The molecule has 0 aliphatic carbocycles. The zero-order chi connectivity index (χ0) is 14.3. The monoisotopic (exact) mass is 280 g/mol. The van der Waals surface area contributed by atoms with Crippen LogP contribution in [-0.2, 0) is 6.54 Å². The lowest BCUT2D eigenvalue weighted by Crippen LogP contribution is -2.42. The average Bonchev–Trinajstić information content (AvgIpc) is 2.45. The van der Waals surface area contributed by atoms with E-state index in [0.717, 1.165) is 18.4 Å². The number of hydrogen-bond acceptors (Lipinski definition) is 2.